The van der Waals surface area contributed by atoms with Gasteiger partial charge in [0.2, 0.25) is 17.7 Å². The minimum atomic E-state index is -0.309. The highest BCUT2D eigenvalue weighted by molar-refractivity contribution is 5.96. The Morgan fingerprint density at radius 3 is 2.70 bits per heavy atom. The Balaban J connectivity index is 1.55. The zero-order valence-electron chi connectivity index (χ0n) is 18.9. The zero-order valence-corrected chi connectivity index (χ0v) is 18.9. The number of piperidine rings is 1. The number of amides is 3. The molecule has 172 valence electrons. The Morgan fingerprint density at radius 1 is 1.18 bits per heavy atom. The van der Waals surface area contributed by atoms with Gasteiger partial charge in [-0.1, -0.05) is 24.3 Å². The van der Waals surface area contributed by atoms with Gasteiger partial charge in [0.05, 0.1) is 18.4 Å². The van der Waals surface area contributed by atoms with E-state index in [1.54, 1.807) is 16.0 Å². The van der Waals surface area contributed by atoms with Gasteiger partial charge in [0.1, 0.15) is 5.82 Å². The van der Waals surface area contributed by atoms with Crippen LogP contribution in [-0.4, -0.2) is 47.2 Å². The highest BCUT2D eigenvalue weighted by atomic mass is 16.2. The fourth-order valence-electron chi connectivity index (χ4n) is 3.93. The molecule has 0 saturated carbocycles. The lowest BCUT2D eigenvalue weighted by atomic mass is 9.96. The van der Waals surface area contributed by atoms with Gasteiger partial charge < -0.3 is 15.1 Å². The van der Waals surface area contributed by atoms with E-state index in [-0.39, 0.29) is 49.4 Å². The van der Waals surface area contributed by atoms with Crippen molar-refractivity contribution in [1.82, 2.24) is 9.88 Å². The highest BCUT2D eigenvalue weighted by Gasteiger charge is 2.29. The molecule has 1 atom stereocenters. The lowest BCUT2D eigenvalue weighted by molar-refractivity contribution is -0.136. The Kier molecular flexibility index (Phi) is 8.53. The molecule has 2 aromatic rings. The summed E-state index contributed by atoms with van der Waals surface area (Å²) in [5, 5.41) is 11.8. The summed E-state index contributed by atoms with van der Waals surface area (Å²) in [6, 6.07) is 14.9. The molecule has 0 aliphatic carbocycles. The van der Waals surface area contributed by atoms with E-state index in [1.807, 2.05) is 49.4 Å². The molecule has 8 nitrogen and oxygen atoms in total. The van der Waals surface area contributed by atoms with Gasteiger partial charge in [-0.15, -0.1) is 0 Å². The van der Waals surface area contributed by atoms with E-state index < -0.39 is 0 Å². The standard InChI is InChI=1S/C25H29N5O3/c1-19-8-5-15-27-24(19)28-25(33)20-9-6-16-29(18-20)22(31)12-13-23(32)30(17-7-14-26)21-10-3-2-4-11-21/h2-5,8,10-11,15,20H,6-7,9,12-13,16-18H2,1H3,(H,27,28,33). The molecule has 0 radical (unpaired) electrons. The number of hydrogen-bond acceptors (Lipinski definition) is 5. The molecule has 1 fully saturated rings. The molecule has 1 aliphatic rings. The molecular weight excluding hydrogens is 418 g/mol. The Hall–Kier alpha value is -3.73. The van der Waals surface area contributed by atoms with Crippen LogP contribution >= 0.6 is 0 Å². The summed E-state index contributed by atoms with van der Waals surface area (Å²) in [6.45, 7) is 3.08. The Morgan fingerprint density at radius 2 is 1.97 bits per heavy atom. The van der Waals surface area contributed by atoms with Gasteiger partial charge in [-0.05, 0) is 43.5 Å². The molecule has 33 heavy (non-hydrogen) atoms. The number of likely N-dealkylation sites (tertiary alicyclic amines) is 1. The zero-order chi connectivity index (χ0) is 23.6. The van der Waals surface area contributed by atoms with Crippen LogP contribution in [0.2, 0.25) is 0 Å². The number of carbonyl (C=O) groups is 3. The van der Waals surface area contributed by atoms with Gasteiger partial charge in [-0.2, -0.15) is 5.26 Å². The van der Waals surface area contributed by atoms with Crippen LogP contribution in [0, 0.1) is 24.2 Å². The van der Waals surface area contributed by atoms with Crippen LogP contribution in [0.15, 0.2) is 48.7 Å². The third-order valence-electron chi connectivity index (χ3n) is 5.76. The summed E-state index contributed by atoms with van der Waals surface area (Å²) in [4.78, 5) is 45.8. The number of para-hydroxylation sites is 1. The lowest BCUT2D eigenvalue weighted by Gasteiger charge is -2.32. The summed E-state index contributed by atoms with van der Waals surface area (Å²) >= 11 is 0. The van der Waals surface area contributed by atoms with E-state index in [4.69, 9.17) is 5.26 Å². The van der Waals surface area contributed by atoms with Crippen LogP contribution in [0.4, 0.5) is 11.5 Å². The molecule has 3 rings (SSSR count). The number of hydrogen-bond donors (Lipinski definition) is 1. The topological polar surface area (TPSA) is 106 Å². The quantitative estimate of drug-likeness (QED) is 0.668. The van der Waals surface area contributed by atoms with Crippen LogP contribution in [0.1, 0.15) is 37.7 Å². The van der Waals surface area contributed by atoms with Crippen molar-refractivity contribution in [2.45, 2.75) is 39.0 Å². The maximum atomic E-state index is 12.8. The van der Waals surface area contributed by atoms with Gasteiger partial charge in [0.15, 0.2) is 0 Å². The van der Waals surface area contributed by atoms with Crippen molar-refractivity contribution < 1.29 is 14.4 Å². The van der Waals surface area contributed by atoms with E-state index in [9.17, 15) is 14.4 Å². The maximum absolute atomic E-state index is 12.8. The van der Waals surface area contributed by atoms with E-state index in [1.165, 1.54) is 0 Å². The monoisotopic (exact) mass is 447 g/mol. The van der Waals surface area contributed by atoms with Crippen molar-refractivity contribution in [3.8, 4) is 6.07 Å². The minimum absolute atomic E-state index is 0.0552. The molecule has 8 heteroatoms. The molecule has 2 heterocycles. The summed E-state index contributed by atoms with van der Waals surface area (Å²) < 4.78 is 0. The molecule has 1 N–H and O–H groups in total. The van der Waals surface area contributed by atoms with E-state index in [2.05, 4.69) is 16.4 Å². The number of nitrogens with one attached hydrogen (secondary N) is 1. The SMILES string of the molecule is Cc1cccnc1NC(=O)C1CCCN(C(=O)CCC(=O)N(CCC#N)c2ccccc2)C1. The van der Waals surface area contributed by atoms with Gasteiger partial charge in [0.25, 0.3) is 0 Å². The van der Waals surface area contributed by atoms with Crippen LogP contribution in [0.25, 0.3) is 0 Å². The molecule has 0 spiro atoms. The second-order valence-electron chi connectivity index (χ2n) is 8.13. The largest absolute Gasteiger partial charge is 0.342 e. The second-order valence-corrected chi connectivity index (χ2v) is 8.13. The number of nitriles is 1. The van der Waals surface area contributed by atoms with E-state index in [0.29, 0.717) is 31.0 Å². The molecule has 0 bridgehead atoms. The number of carbonyl (C=O) groups excluding carboxylic acids is 3. The molecule has 1 aliphatic heterocycles. The first kappa shape index (κ1) is 23.9. The number of pyridine rings is 1. The molecule has 1 aromatic heterocycles. The molecule has 3 amide bonds. The molecular formula is C25H29N5O3. The number of nitrogens with zero attached hydrogens (tertiary/aromatic N) is 4. The van der Waals surface area contributed by atoms with Crippen molar-refractivity contribution in [3.63, 3.8) is 0 Å². The van der Waals surface area contributed by atoms with Crippen LogP contribution in [-0.2, 0) is 14.4 Å². The first-order valence-corrected chi connectivity index (χ1v) is 11.2. The van der Waals surface area contributed by atoms with Crippen LogP contribution < -0.4 is 10.2 Å². The molecule has 1 saturated heterocycles. The van der Waals surface area contributed by atoms with Gasteiger partial charge in [-0.25, -0.2) is 4.98 Å². The average Bonchev–Trinajstić information content (AvgIpc) is 2.85. The third-order valence-corrected chi connectivity index (χ3v) is 5.76. The summed E-state index contributed by atoms with van der Waals surface area (Å²) in [5.41, 5.74) is 1.59. The number of anilines is 2. The summed E-state index contributed by atoms with van der Waals surface area (Å²) in [7, 11) is 0. The average molecular weight is 448 g/mol. The lowest BCUT2D eigenvalue weighted by Crippen LogP contribution is -2.44. The predicted octanol–water partition coefficient (Wildman–Crippen LogP) is 3.29. The number of aryl methyl sites for hydroxylation is 1. The van der Waals surface area contributed by atoms with Crippen molar-refractivity contribution in [1.29, 1.82) is 5.26 Å². The summed E-state index contributed by atoms with van der Waals surface area (Å²) in [5.74, 6) is -0.242. The number of rotatable bonds is 8. The van der Waals surface area contributed by atoms with Gasteiger partial charge in [-0.3, -0.25) is 14.4 Å². The van der Waals surface area contributed by atoms with E-state index >= 15 is 0 Å². The highest BCUT2D eigenvalue weighted by Crippen LogP contribution is 2.21. The van der Waals surface area contributed by atoms with Gasteiger partial charge >= 0.3 is 0 Å². The normalized spacial score (nSPS) is 15.4. The minimum Gasteiger partial charge on any atom is -0.342 e. The van der Waals surface area contributed by atoms with E-state index in [0.717, 1.165) is 12.0 Å². The summed E-state index contributed by atoms with van der Waals surface area (Å²) in [6.07, 6.45) is 3.41. The van der Waals surface area contributed by atoms with Crippen molar-refractivity contribution in [2.75, 3.05) is 29.9 Å². The van der Waals surface area contributed by atoms with Crippen molar-refractivity contribution >= 4 is 29.2 Å². The third kappa shape index (κ3) is 6.62. The van der Waals surface area contributed by atoms with Gasteiger partial charge in [0, 0.05) is 44.4 Å². The first-order chi connectivity index (χ1) is 16.0. The molecule has 1 aromatic carbocycles. The number of benzene rings is 1. The first-order valence-electron chi connectivity index (χ1n) is 11.2. The van der Waals surface area contributed by atoms with Crippen LogP contribution in [0.3, 0.4) is 0 Å². The fraction of sp³-hybridized carbons (Fsp3) is 0.400. The Labute approximate surface area is 194 Å². The number of aromatic nitrogens is 1. The fourth-order valence-corrected chi connectivity index (χ4v) is 3.93. The predicted molar refractivity (Wildman–Crippen MR) is 125 cm³/mol. The molecule has 1 unspecified atom stereocenters. The van der Waals surface area contributed by atoms with Crippen molar-refractivity contribution in [2.24, 2.45) is 5.92 Å². The second kappa shape index (κ2) is 11.8. The van der Waals surface area contributed by atoms with Crippen LogP contribution in [0.5, 0.6) is 0 Å². The smallest absolute Gasteiger partial charge is 0.230 e. The van der Waals surface area contributed by atoms with Crippen molar-refractivity contribution in [3.05, 3.63) is 54.2 Å². The Bertz CT molecular complexity index is 1020. The maximum Gasteiger partial charge on any atom is 0.230 e.